The third kappa shape index (κ3) is 2.28. The molecule has 0 saturated carbocycles. The summed E-state index contributed by atoms with van der Waals surface area (Å²) >= 11 is 0. The Balaban J connectivity index is 2.33. The monoisotopic (exact) mass is 243 g/mol. The van der Waals surface area contributed by atoms with Gasteiger partial charge in [0.25, 0.3) is 0 Å². The van der Waals surface area contributed by atoms with E-state index < -0.39 is 0 Å². The van der Waals surface area contributed by atoms with Crippen molar-refractivity contribution in [2.24, 2.45) is 0 Å². The van der Waals surface area contributed by atoms with Crippen molar-refractivity contribution >= 4 is 11.4 Å². The first-order valence-corrected chi connectivity index (χ1v) is 6.71. The fourth-order valence-electron chi connectivity index (χ4n) is 2.93. The van der Waals surface area contributed by atoms with E-state index in [1.165, 1.54) is 24.9 Å². The highest BCUT2D eigenvalue weighted by Gasteiger charge is 2.29. The number of hydrogen-bond donors (Lipinski definition) is 1. The van der Waals surface area contributed by atoms with Gasteiger partial charge in [-0.15, -0.1) is 0 Å². The molecule has 1 aliphatic rings. The number of nitrogen functional groups attached to an aromatic ring is 1. The van der Waals surface area contributed by atoms with Gasteiger partial charge in [-0.1, -0.05) is 6.92 Å². The second-order valence-electron chi connectivity index (χ2n) is 5.11. The number of rotatable bonds is 3. The van der Waals surface area contributed by atoms with Crippen LogP contribution < -0.4 is 10.6 Å². The molecule has 2 unspecified atom stereocenters. The van der Waals surface area contributed by atoms with Gasteiger partial charge in [0.15, 0.2) is 0 Å². The van der Waals surface area contributed by atoms with Crippen LogP contribution in [0, 0.1) is 11.3 Å². The third-order valence-corrected chi connectivity index (χ3v) is 3.95. The zero-order chi connectivity index (χ0) is 13.1. The fraction of sp³-hybridized carbons (Fsp3) is 0.533. The van der Waals surface area contributed by atoms with Gasteiger partial charge in [0.1, 0.15) is 0 Å². The molecule has 3 nitrogen and oxygen atoms in total. The van der Waals surface area contributed by atoms with Crippen LogP contribution in [0.5, 0.6) is 0 Å². The minimum atomic E-state index is 0.388. The van der Waals surface area contributed by atoms with E-state index in [1.54, 1.807) is 0 Å². The van der Waals surface area contributed by atoms with Crippen molar-refractivity contribution in [2.45, 2.75) is 51.6 Å². The third-order valence-electron chi connectivity index (χ3n) is 3.95. The number of hydrogen-bond acceptors (Lipinski definition) is 3. The molecule has 0 radical (unpaired) electrons. The summed E-state index contributed by atoms with van der Waals surface area (Å²) in [6.07, 6.45) is 4.06. The summed E-state index contributed by atoms with van der Waals surface area (Å²) in [4.78, 5) is 2.49. The van der Waals surface area contributed by atoms with Gasteiger partial charge >= 0.3 is 0 Å². The molecule has 2 N–H and O–H groups in total. The molecule has 2 atom stereocenters. The first-order valence-electron chi connectivity index (χ1n) is 6.71. The van der Waals surface area contributed by atoms with E-state index >= 15 is 0 Å². The summed E-state index contributed by atoms with van der Waals surface area (Å²) in [6, 6.07) is 9.48. The first-order chi connectivity index (χ1) is 8.67. The molecule has 1 aliphatic heterocycles. The Hall–Kier alpha value is -1.69. The van der Waals surface area contributed by atoms with E-state index in [-0.39, 0.29) is 0 Å². The Bertz CT molecular complexity index is 461. The van der Waals surface area contributed by atoms with Crippen LogP contribution in [-0.2, 0) is 6.42 Å². The van der Waals surface area contributed by atoms with E-state index in [1.807, 2.05) is 6.07 Å². The topological polar surface area (TPSA) is 53.0 Å². The lowest BCUT2D eigenvalue weighted by Crippen LogP contribution is -2.34. The molecule has 1 aromatic carbocycles. The number of benzene rings is 1. The van der Waals surface area contributed by atoms with Gasteiger partial charge in [-0.3, -0.25) is 0 Å². The van der Waals surface area contributed by atoms with E-state index in [9.17, 15) is 0 Å². The molecule has 1 heterocycles. The SMILES string of the molecule is CCC1CCC(C)N1c1ccc(N)c(CC#N)c1. The van der Waals surface area contributed by atoms with Crippen LogP contribution in [0.25, 0.3) is 0 Å². The molecular weight excluding hydrogens is 222 g/mol. The van der Waals surface area contributed by atoms with E-state index in [0.717, 1.165) is 11.3 Å². The Labute approximate surface area is 109 Å². The summed E-state index contributed by atoms with van der Waals surface area (Å²) in [5.41, 5.74) is 8.79. The normalized spacial score (nSPS) is 23.1. The van der Waals surface area contributed by atoms with Gasteiger partial charge in [-0.25, -0.2) is 0 Å². The number of nitrogens with zero attached hydrogens (tertiary/aromatic N) is 2. The molecular formula is C15H21N3. The van der Waals surface area contributed by atoms with Crippen LogP contribution in [0.2, 0.25) is 0 Å². The quantitative estimate of drug-likeness (QED) is 0.830. The molecule has 0 aliphatic carbocycles. The number of nitriles is 1. The molecule has 0 aromatic heterocycles. The van der Waals surface area contributed by atoms with Crippen molar-refractivity contribution in [2.75, 3.05) is 10.6 Å². The molecule has 0 bridgehead atoms. The molecule has 2 rings (SSSR count). The average molecular weight is 243 g/mol. The largest absolute Gasteiger partial charge is 0.398 e. The molecule has 3 heteroatoms. The lowest BCUT2D eigenvalue weighted by molar-refractivity contribution is 0.628. The molecule has 0 spiro atoms. The number of nitrogens with two attached hydrogens (primary N) is 1. The van der Waals surface area contributed by atoms with E-state index in [0.29, 0.717) is 18.5 Å². The Kier molecular flexibility index (Phi) is 3.76. The summed E-state index contributed by atoms with van der Waals surface area (Å²) in [5.74, 6) is 0. The maximum Gasteiger partial charge on any atom is 0.0670 e. The second kappa shape index (κ2) is 5.30. The molecule has 1 aromatic rings. The maximum absolute atomic E-state index is 8.83. The minimum Gasteiger partial charge on any atom is -0.398 e. The lowest BCUT2D eigenvalue weighted by atomic mass is 10.1. The van der Waals surface area contributed by atoms with Gasteiger partial charge in [-0.05, 0) is 49.9 Å². The molecule has 1 saturated heterocycles. The highest BCUT2D eigenvalue weighted by molar-refractivity contribution is 5.60. The summed E-state index contributed by atoms with van der Waals surface area (Å²) in [7, 11) is 0. The van der Waals surface area contributed by atoms with Crippen molar-refractivity contribution in [3.63, 3.8) is 0 Å². The van der Waals surface area contributed by atoms with Crippen molar-refractivity contribution in [1.82, 2.24) is 0 Å². The smallest absolute Gasteiger partial charge is 0.0670 e. The van der Waals surface area contributed by atoms with Gasteiger partial charge in [0.05, 0.1) is 12.5 Å². The summed E-state index contributed by atoms with van der Waals surface area (Å²) in [5, 5.41) is 8.83. The van der Waals surface area contributed by atoms with Crippen molar-refractivity contribution in [3.8, 4) is 6.07 Å². The van der Waals surface area contributed by atoms with Gasteiger partial charge in [-0.2, -0.15) is 5.26 Å². The van der Waals surface area contributed by atoms with Crippen LogP contribution in [0.1, 0.15) is 38.7 Å². The summed E-state index contributed by atoms with van der Waals surface area (Å²) in [6.45, 7) is 4.51. The van der Waals surface area contributed by atoms with E-state index in [4.69, 9.17) is 11.0 Å². The fourth-order valence-corrected chi connectivity index (χ4v) is 2.93. The first kappa shape index (κ1) is 12.8. The van der Waals surface area contributed by atoms with Gasteiger partial charge < -0.3 is 10.6 Å². The Morgan fingerprint density at radius 3 is 2.89 bits per heavy atom. The summed E-state index contributed by atoms with van der Waals surface area (Å²) < 4.78 is 0. The molecule has 18 heavy (non-hydrogen) atoms. The van der Waals surface area contributed by atoms with Crippen molar-refractivity contribution in [1.29, 1.82) is 5.26 Å². The highest BCUT2D eigenvalue weighted by Crippen LogP contribution is 2.33. The van der Waals surface area contributed by atoms with Crippen LogP contribution in [0.3, 0.4) is 0 Å². The second-order valence-corrected chi connectivity index (χ2v) is 5.11. The number of anilines is 2. The highest BCUT2D eigenvalue weighted by atomic mass is 15.2. The minimum absolute atomic E-state index is 0.388. The predicted octanol–water partition coefficient (Wildman–Crippen LogP) is 3.10. The van der Waals surface area contributed by atoms with Crippen LogP contribution in [0.4, 0.5) is 11.4 Å². The lowest BCUT2D eigenvalue weighted by Gasteiger charge is -2.30. The predicted molar refractivity (Wildman–Crippen MR) is 75.4 cm³/mol. The van der Waals surface area contributed by atoms with Crippen LogP contribution in [-0.4, -0.2) is 12.1 Å². The van der Waals surface area contributed by atoms with E-state index in [2.05, 4.69) is 36.9 Å². The maximum atomic E-state index is 8.83. The van der Waals surface area contributed by atoms with Gasteiger partial charge in [0.2, 0.25) is 0 Å². The van der Waals surface area contributed by atoms with Crippen LogP contribution >= 0.6 is 0 Å². The molecule has 1 fully saturated rings. The van der Waals surface area contributed by atoms with Crippen molar-refractivity contribution < 1.29 is 0 Å². The zero-order valence-corrected chi connectivity index (χ0v) is 11.2. The zero-order valence-electron chi connectivity index (χ0n) is 11.2. The Morgan fingerprint density at radius 1 is 1.44 bits per heavy atom. The standard InChI is InChI=1S/C15H21N3/c1-3-13-5-4-11(2)18(13)14-6-7-15(17)12(10-14)8-9-16/h6-7,10-11,13H,3-5,8,17H2,1-2H3. The molecule has 0 amide bonds. The molecule has 96 valence electrons. The average Bonchev–Trinajstić information content (AvgIpc) is 2.74. The van der Waals surface area contributed by atoms with Gasteiger partial charge in [0, 0.05) is 23.5 Å². The Morgan fingerprint density at radius 2 is 2.22 bits per heavy atom. The van der Waals surface area contributed by atoms with Crippen molar-refractivity contribution in [3.05, 3.63) is 23.8 Å². The van der Waals surface area contributed by atoms with Crippen LogP contribution in [0.15, 0.2) is 18.2 Å².